The molecule has 0 aliphatic carbocycles. The summed E-state index contributed by atoms with van der Waals surface area (Å²) in [5, 5.41) is 21.3. The maximum atomic E-state index is 11.7. The molecule has 0 aliphatic rings. The molecule has 0 saturated carbocycles. The molecule has 0 unspecified atom stereocenters. The molecule has 10 nitrogen and oxygen atoms in total. The normalized spacial score (nSPS) is 16.0. The van der Waals surface area contributed by atoms with Crippen molar-refractivity contribution in [3.05, 3.63) is 71.8 Å². The topological polar surface area (TPSA) is 146 Å². The van der Waals surface area contributed by atoms with Gasteiger partial charge in [-0.05, 0) is 11.1 Å². The van der Waals surface area contributed by atoms with Crippen molar-refractivity contribution in [3.8, 4) is 0 Å². The van der Waals surface area contributed by atoms with Crippen LogP contribution in [0.5, 0.6) is 0 Å². The van der Waals surface area contributed by atoms with Crippen LogP contribution in [0.1, 0.15) is 11.1 Å². The predicted octanol–water partition coefficient (Wildman–Crippen LogP) is 0.831. The molecule has 2 aromatic carbocycles. The van der Waals surface area contributed by atoms with Gasteiger partial charge in [0, 0.05) is 0 Å². The van der Waals surface area contributed by atoms with Gasteiger partial charge in [0.25, 0.3) is 20.2 Å². The number of hydrogen-bond acceptors (Lipinski definition) is 10. The van der Waals surface area contributed by atoms with Crippen molar-refractivity contribution in [1.82, 2.24) is 0 Å². The van der Waals surface area contributed by atoms with Gasteiger partial charge in [-0.25, -0.2) is 0 Å². The second kappa shape index (κ2) is 13.3. The fraction of sp³-hybridized carbons (Fsp3) is 0.455. The number of hydrogen-bond donors (Lipinski definition) is 2. The summed E-state index contributed by atoms with van der Waals surface area (Å²) in [7, 11) is -8.10. The first-order valence-electron chi connectivity index (χ1n) is 10.3. The van der Waals surface area contributed by atoms with Gasteiger partial charge in [0.2, 0.25) is 0 Å². The first-order chi connectivity index (χ1) is 15.9. The highest BCUT2D eigenvalue weighted by atomic mass is 32.2. The zero-order valence-corrected chi connectivity index (χ0v) is 20.5. The maximum absolute atomic E-state index is 11.7. The number of aliphatic hydroxyl groups excluding tert-OH is 2. The number of rotatable bonds is 15. The van der Waals surface area contributed by atoms with Crippen molar-refractivity contribution < 1.29 is 44.9 Å². The Morgan fingerprint density at radius 3 is 1.26 bits per heavy atom. The van der Waals surface area contributed by atoms with Crippen molar-refractivity contribution in [2.24, 2.45) is 0 Å². The quantitative estimate of drug-likeness (QED) is 0.325. The highest BCUT2D eigenvalue weighted by molar-refractivity contribution is 7.86. The Kier molecular flexibility index (Phi) is 11.1. The van der Waals surface area contributed by atoms with Crippen LogP contribution in [0.4, 0.5) is 0 Å². The molecule has 0 saturated heterocycles. The third-order valence-corrected chi connectivity index (χ3v) is 5.69. The molecule has 0 radical (unpaired) electrons. The van der Waals surface area contributed by atoms with Crippen LogP contribution < -0.4 is 0 Å². The van der Waals surface area contributed by atoms with Crippen molar-refractivity contribution in [3.63, 3.8) is 0 Å². The van der Waals surface area contributed by atoms with Crippen molar-refractivity contribution in [2.75, 3.05) is 25.7 Å². The summed E-state index contributed by atoms with van der Waals surface area (Å²) in [5.41, 5.74) is 1.59. The second-order valence-electron chi connectivity index (χ2n) is 7.66. The Morgan fingerprint density at radius 2 is 0.971 bits per heavy atom. The van der Waals surface area contributed by atoms with E-state index in [4.69, 9.17) is 17.8 Å². The molecule has 2 aromatic rings. The summed E-state index contributed by atoms with van der Waals surface area (Å²) in [5.74, 6) is 0. The summed E-state index contributed by atoms with van der Waals surface area (Å²) in [6, 6.07) is 18.0. The lowest BCUT2D eigenvalue weighted by Gasteiger charge is -2.30. The van der Waals surface area contributed by atoms with Crippen LogP contribution in [0.25, 0.3) is 0 Å². The molecule has 0 bridgehead atoms. The molecule has 190 valence electrons. The number of aliphatic hydroxyl groups is 2. The minimum absolute atomic E-state index is 0.0940. The van der Waals surface area contributed by atoms with E-state index in [2.05, 4.69) is 0 Å². The molecule has 0 aliphatic heterocycles. The van der Waals surface area contributed by atoms with Crippen LogP contribution in [0.15, 0.2) is 60.7 Å². The lowest BCUT2D eigenvalue weighted by Crippen LogP contribution is -2.50. The van der Waals surface area contributed by atoms with Gasteiger partial charge < -0.3 is 19.7 Å². The molecule has 0 heterocycles. The van der Waals surface area contributed by atoms with E-state index in [0.29, 0.717) is 0 Å². The summed E-state index contributed by atoms with van der Waals surface area (Å²) in [6.07, 6.45) is -5.26. The lowest BCUT2D eigenvalue weighted by molar-refractivity contribution is -0.121. The van der Waals surface area contributed by atoms with E-state index in [0.717, 1.165) is 23.6 Å². The fourth-order valence-electron chi connectivity index (χ4n) is 2.99. The van der Waals surface area contributed by atoms with E-state index in [1.807, 2.05) is 12.1 Å². The zero-order chi connectivity index (χ0) is 25.2. The molecular formula is C22H30O10S2. The molecule has 0 amide bonds. The first-order valence-corrected chi connectivity index (χ1v) is 13.9. The Morgan fingerprint density at radius 1 is 0.647 bits per heavy atom. The first kappa shape index (κ1) is 28.3. The lowest BCUT2D eigenvalue weighted by atomic mass is 10.0. The highest BCUT2D eigenvalue weighted by Gasteiger charge is 2.37. The van der Waals surface area contributed by atoms with E-state index < -0.39 is 57.9 Å². The van der Waals surface area contributed by atoms with Crippen LogP contribution in [0, 0.1) is 0 Å². The summed E-state index contributed by atoms with van der Waals surface area (Å²) < 4.78 is 67.6. The standard InChI is InChI=1S/C22H30O10S2/c1-33(25,26)31-19(15-29-13-17-9-5-3-6-10-17)21(23)22(24)20(32-34(2,27)28)16-30-14-18-11-7-4-8-12-18/h3-12,19-24H,13-16H2,1-2H3/t19-,20-,21-,22-/m1/s1. The SMILES string of the molecule is CS(=O)(=O)O[C@H](COCc1ccccc1)[C@@H](O)[C@H](O)[C@@H](COCc1ccccc1)OS(C)(=O)=O. The molecule has 4 atom stereocenters. The van der Waals surface area contributed by atoms with Crippen LogP contribution in [-0.4, -0.2) is 77.2 Å². The monoisotopic (exact) mass is 518 g/mol. The maximum Gasteiger partial charge on any atom is 0.264 e. The molecular weight excluding hydrogens is 488 g/mol. The van der Waals surface area contributed by atoms with E-state index in [-0.39, 0.29) is 13.2 Å². The van der Waals surface area contributed by atoms with E-state index in [1.165, 1.54) is 0 Å². The highest BCUT2D eigenvalue weighted by Crippen LogP contribution is 2.17. The van der Waals surface area contributed by atoms with Gasteiger partial charge >= 0.3 is 0 Å². The minimum Gasteiger partial charge on any atom is -0.387 e. The van der Waals surface area contributed by atoms with Gasteiger partial charge in [-0.2, -0.15) is 16.8 Å². The van der Waals surface area contributed by atoms with Gasteiger partial charge in [-0.3, -0.25) is 8.37 Å². The van der Waals surface area contributed by atoms with Crippen LogP contribution in [0.3, 0.4) is 0 Å². The Labute approximate surface area is 200 Å². The second-order valence-corrected chi connectivity index (χ2v) is 10.9. The van der Waals surface area contributed by atoms with Crippen LogP contribution >= 0.6 is 0 Å². The fourth-order valence-corrected chi connectivity index (χ4v) is 4.23. The summed E-state index contributed by atoms with van der Waals surface area (Å²) in [4.78, 5) is 0. The molecule has 0 spiro atoms. The molecule has 0 aromatic heterocycles. The third kappa shape index (κ3) is 11.0. The van der Waals surface area contributed by atoms with E-state index in [9.17, 15) is 27.0 Å². The number of benzene rings is 2. The van der Waals surface area contributed by atoms with Crippen LogP contribution in [0.2, 0.25) is 0 Å². The van der Waals surface area contributed by atoms with E-state index >= 15 is 0 Å². The Balaban J connectivity index is 2.08. The summed E-state index contributed by atoms with van der Waals surface area (Å²) >= 11 is 0. The Bertz CT molecular complexity index is 972. The largest absolute Gasteiger partial charge is 0.387 e. The van der Waals surface area contributed by atoms with Gasteiger partial charge in [0.15, 0.2) is 0 Å². The average Bonchev–Trinajstić information content (AvgIpc) is 2.76. The smallest absolute Gasteiger partial charge is 0.264 e. The summed E-state index contributed by atoms with van der Waals surface area (Å²) in [6.45, 7) is -0.624. The van der Waals surface area contributed by atoms with Gasteiger partial charge in [-0.1, -0.05) is 60.7 Å². The minimum atomic E-state index is -4.05. The van der Waals surface area contributed by atoms with Crippen LogP contribution in [-0.2, 0) is 51.3 Å². The third-order valence-electron chi connectivity index (χ3n) is 4.50. The van der Waals surface area contributed by atoms with E-state index in [1.54, 1.807) is 48.5 Å². The molecule has 2 rings (SSSR count). The van der Waals surface area contributed by atoms with Gasteiger partial charge in [0.05, 0.1) is 38.9 Å². The number of ether oxygens (including phenoxy) is 2. The van der Waals surface area contributed by atoms with Crippen molar-refractivity contribution in [1.29, 1.82) is 0 Å². The Hall–Kier alpha value is -1.90. The molecule has 34 heavy (non-hydrogen) atoms. The molecule has 12 heteroatoms. The van der Waals surface area contributed by atoms with Crippen molar-refractivity contribution in [2.45, 2.75) is 37.6 Å². The van der Waals surface area contributed by atoms with Gasteiger partial charge in [-0.15, -0.1) is 0 Å². The molecule has 2 N–H and O–H groups in total. The average molecular weight is 519 g/mol. The predicted molar refractivity (Wildman–Crippen MR) is 124 cm³/mol. The zero-order valence-electron chi connectivity index (χ0n) is 18.9. The van der Waals surface area contributed by atoms with Crippen molar-refractivity contribution >= 4 is 20.2 Å². The van der Waals surface area contributed by atoms with Gasteiger partial charge in [0.1, 0.15) is 24.4 Å². The molecule has 0 fully saturated rings.